The lowest BCUT2D eigenvalue weighted by molar-refractivity contribution is -0.160. The van der Waals surface area contributed by atoms with E-state index in [9.17, 15) is 14.4 Å². The maximum absolute atomic E-state index is 12.0. The first-order valence-electron chi connectivity index (χ1n) is 5.93. The van der Waals surface area contributed by atoms with Gasteiger partial charge in [0.15, 0.2) is 11.9 Å². The lowest BCUT2D eigenvalue weighted by Gasteiger charge is -2.17. The number of carbonyl (C=O) groups excluding carboxylic acids is 3. The molecule has 5 heteroatoms. The standard InChI is InChI=1S/C12H18O5/c1-3-16-12(15)9-6-4-5-7-10(11(9)14)17-8(2)13/h9-10H,3-7H2,1-2H3. The van der Waals surface area contributed by atoms with Gasteiger partial charge in [0.25, 0.3) is 0 Å². The van der Waals surface area contributed by atoms with Crippen LogP contribution in [0.25, 0.3) is 0 Å². The van der Waals surface area contributed by atoms with E-state index < -0.39 is 24.0 Å². The van der Waals surface area contributed by atoms with Crippen molar-refractivity contribution < 1.29 is 23.9 Å². The van der Waals surface area contributed by atoms with E-state index >= 15 is 0 Å². The molecule has 1 aliphatic rings. The Kier molecular flexibility index (Phi) is 5.12. The van der Waals surface area contributed by atoms with Crippen LogP contribution in [0.15, 0.2) is 0 Å². The number of esters is 2. The summed E-state index contributed by atoms with van der Waals surface area (Å²) in [6.45, 7) is 3.21. The van der Waals surface area contributed by atoms with Crippen molar-refractivity contribution in [3.05, 3.63) is 0 Å². The zero-order chi connectivity index (χ0) is 12.8. The van der Waals surface area contributed by atoms with Gasteiger partial charge in [-0.25, -0.2) is 0 Å². The number of rotatable bonds is 3. The number of ketones is 1. The van der Waals surface area contributed by atoms with E-state index in [1.165, 1.54) is 6.92 Å². The number of hydrogen-bond acceptors (Lipinski definition) is 5. The molecule has 1 aliphatic carbocycles. The first-order valence-corrected chi connectivity index (χ1v) is 5.93. The molecule has 0 amide bonds. The largest absolute Gasteiger partial charge is 0.465 e. The summed E-state index contributed by atoms with van der Waals surface area (Å²) >= 11 is 0. The maximum atomic E-state index is 12.0. The Balaban J connectivity index is 2.73. The van der Waals surface area contributed by atoms with E-state index in [4.69, 9.17) is 9.47 Å². The van der Waals surface area contributed by atoms with Gasteiger partial charge in [-0.15, -0.1) is 0 Å². The molecule has 0 aromatic carbocycles. The third kappa shape index (κ3) is 3.84. The van der Waals surface area contributed by atoms with E-state index in [0.29, 0.717) is 12.8 Å². The normalized spacial score (nSPS) is 24.9. The molecular formula is C12H18O5. The fraction of sp³-hybridized carbons (Fsp3) is 0.750. The van der Waals surface area contributed by atoms with Crippen LogP contribution in [0.4, 0.5) is 0 Å². The molecule has 0 spiro atoms. The Morgan fingerprint density at radius 2 is 1.94 bits per heavy atom. The first-order chi connectivity index (χ1) is 8.06. The van der Waals surface area contributed by atoms with Crippen molar-refractivity contribution in [1.29, 1.82) is 0 Å². The molecule has 1 fully saturated rings. The Morgan fingerprint density at radius 3 is 2.53 bits per heavy atom. The molecule has 1 saturated carbocycles. The third-order valence-corrected chi connectivity index (χ3v) is 2.75. The second-order valence-electron chi connectivity index (χ2n) is 4.09. The Morgan fingerprint density at radius 1 is 1.29 bits per heavy atom. The van der Waals surface area contributed by atoms with Gasteiger partial charge < -0.3 is 9.47 Å². The van der Waals surface area contributed by atoms with Crippen molar-refractivity contribution in [3.8, 4) is 0 Å². The predicted molar refractivity (Wildman–Crippen MR) is 59.2 cm³/mol. The van der Waals surface area contributed by atoms with Crippen molar-refractivity contribution in [2.45, 2.75) is 45.6 Å². The molecule has 0 aromatic heterocycles. The van der Waals surface area contributed by atoms with Crippen LogP contribution in [-0.4, -0.2) is 30.4 Å². The van der Waals surface area contributed by atoms with Crippen LogP contribution in [0.3, 0.4) is 0 Å². The van der Waals surface area contributed by atoms with Gasteiger partial charge in [0.1, 0.15) is 5.92 Å². The van der Waals surface area contributed by atoms with Gasteiger partial charge in [-0.2, -0.15) is 0 Å². The first kappa shape index (κ1) is 13.7. The summed E-state index contributed by atoms with van der Waals surface area (Å²) in [6, 6.07) is 0. The van der Waals surface area contributed by atoms with E-state index in [2.05, 4.69) is 0 Å². The van der Waals surface area contributed by atoms with Gasteiger partial charge in [0, 0.05) is 6.92 Å². The smallest absolute Gasteiger partial charge is 0.316 e. The molecule has 2 atom stereocenters. The highest BCUT2D eigenvalue weighted by Crippen LogP contribution is 2.23. The number of ether oxygens (including phenoxy) is 2. The Labute approximate surface area is 100 Å². The third-order valence-electron chi connectivity index (χ3n) is 2.75. The minimum absolute atomic E-state index is 0.251. The molecule has 2 unspecified atom stereocenters. The van der Waals surface area contributed by atoms with Crippen molar-refractivity contribution in [2.75, 3.05) is 6.61 Å². The Hall–Kier alpha value is -1.39. The number of hydrogen-bond donors (Lipinski definition) is 0. The predicted octanol–water partition coefficient (Wildman–Crippen LogP) is 1.24. The molecule has 0 aliphatic heterocycles. The SMILES string of the molecule is CCOC(=O)C1CCCCC(OC(C)=O)C1=O. The maximum Gasteiger partial charge on any atom is 0.316 e. The van der Waals surface area contributed by atoms with Gasteiger partial charge in [0.05, 0.1) is 6.61 Å². The lowest BCUT2D eigenvalue weighted by atomic mass is 9.98. The molecule has 0 N–H and O–H groups in total. The summed E-state index contributed by atoms with van der Waals surface area (Å²) in [5.41, 5.74) is 0. The summed E-state index contributed by atoms with van der Waals surface area (Å²) in [5.74, 6) is -2.10. The fourth-order valence-electron chi connectivity index (χ4n) is 1.98. The highest BCUT2D eigenvalue weighted by atomic mass is 16.5. The van der Waals surface area contributed by atoms with Gasteiger partial charge in [-0.05, 0) is 26.2 Å². The van der Waals surface area contributed by atoms with Gasteiger partial charge in [-0.3, -0.25) is 14.4 Å². The van der Waals surface area contributed by atoms with Gasteiger partial charge in [-0.1, -0.05) is 6.42 Å². The van der Waals surface area contributed by atoms with E-state index in [0.717, 1.165) is 12.8 Å². The van der Waals surface area contributed by atoms with Crippen molar-refractivity contribution in [3.63, 3.8) is 0 Å². The minimum Gasteiger partial charge on any atom is -0.465 e. The summed E-state index contributed by atoms with van der Waals surface area (Å²) in [4.78, 5) is 34.5. The lowest BCUT2D eigenvalue weighted by Crippen LogP contribution is -2.35. The highest BCUT2D eigenvalue weighted by molar-refractivity contribution is 6.02. The van der Waals surface area contributed by atoms with Crippen LogP contribution >= 0.6 is 0 Å². The van der Waals surface area contributed by atoms with Crippen molar-refractivity contribution in [1.82, 2.24) is 0 Å². The van der Waals surface area contributed by atoms with E-state index in [-0.39, 0.29) is 12.4 Å². The van der Waals surface area contributed by atoms with Crippen LogP contribution in [0.1, 0.15) is 39.5 Å². The van der Waals surface area contributed by atoms with Crippen molar-refractivity contribution in [2.24, 2.45) is 5.92 Å². The minimum atomic E-state index is -0.788. The molecule has 17 heavy (non-hydrogen) atoms. The summed E-state index contributed by atoms with van der Waals surface area (Å²) in [5, 5.41) is 0. The molecule has 0 heterocycles. The van der Waals surface area contributed by atoms with Crippen LogP contribution in [-0.2, 0) is 23.9 Å². The van der Waals surface area contributed by atoms with E-state index in [1.807, 2.05) is 0 Å². The van der Waals surface area contributed by atoms with Gasteiger partial charge in [0.2, 0.25) is 0 Å². The summed E-state index contributed by atoms with van der Waals surface area (Å²) in [7, 11) is 0. The van der Waals surface area contributed by atoms with Crippen LogP contribution in [0.2, 0.25) is 0 Å². The second-order valence-corrected chi connectivity index (χ2v) is 4.09. The molecule has 0 radical (unpaired) electrons. The fourth-order valence-corrected chi connectivity index (χ4v) is 1.98. The number of carbonyl (C=O) groups is 3. The monoisotopic (exact) mass is 242 g/mol. The topological polar surface area (TPSA) is 69.7 Å². The molecular weight excluding hydrogens is 224 g/mol. The summed E-state index contributed by atoms with van der Waals surface area (Å²) < 4.78 is 9.81. The second kappa shape index (κ2) is 6.37. The quantitative estimate of drug-likeness (QED) is 0.423. The molecule has 0 bridgehead atoms. The summed E-state index contributed by atoms with van der Waals surface area (Å²) in [6.07, 6.45) is 1.74. The highest BCUT2D eigenvalue weighted by Gasteiger charge is 2.36. The van der Waals surface area contributed by atoms with Crippen LogP contribution in [0.5, 0.6) is 0 Å². The van der Waals surface area contributed by atoms with Crippen LogP contribution < -0.4 is 0 Å². The molecule has 0 aromatic rings. The molecule has 1 rings (SSSR count). The van der Waals surface area contributed by atoms with Crippen LogP contribution in [0, 0.1) is 5.92 Å². The molecule has 0 saturated heterocycles. The van der Waals surface area contributed by atoms with Crippen molar-refractivity contribution >= 4 is 17.7 Å². The average Bonchev–Trinajstić information content (AvgIpc) is 2.42. The number of Topliss-reactive ketones (excluding diaryl/α,β-unsaturated/α-hetero) is 1. The zero-order valence-corrected chi connectivity index (χ0v) is 10.2. The Bertz CT molecular complexity index is 310. The molecule has 96 valence electrons. The molecule has 5 nitrogen and oxygen atoms in total. The zero-order valence-electron chi connectivity index (χ0n) is 10.2. The van der Waals surface area contributed by atoms with E-state index in [1.54, 1.807) is 6.92 Å². The van der Waals surface area contributed by atoms with Gasteiger partial charge >= 0.3 is 11.9 Å². The average molecular weight is 242 g/mol.